The fourth-order valence-corrected chi connectivity index (χ4v) is 3.51. The van der Waals surface area contributed by atoms with Crippen LogP contribution in [0.3, 0.4) is 0 Å². The van der Waals surface area contributed by atoms with E-state index >= 15 is 0 Å². The van der Waals surface area contributed by atoms with Crippen LogP contribution < -0.4 is 16.2 Å². The Kier molecular flexibility index (Phi) is 5.30. The van der Waals surface area contributed by atoms with Gasteiger partial charge in [-0.05, 0) is 80.7 Å². The number of benzene rings is 2. The lowest BCUT2D eigenvalue weighted by atomic mass is 9.90. The van der Waals surface area contributed by atoms with Gasteiger partial charge in [-0.25, -0.2) is 0 Å². The molecule has 0 saturated carbocycles. The maximum absolute atomic E-state index is 6.15. The third-order valence-electron chi connectivity index (χ3n) is 4.48. The molecule has 3 N–H and O–H groups in total. The average Bonchev–Trinajstić information content (AvgIpc) is 2.57. The Balaban J connectivity index is 1.69. The highest BCUT2D eigenvalue weighted by atomic mass is 35.5. The molecular formula is C20H22ClN3S. The smallest absolute Gasteiger partial charge is 0.189 e. The van der Waals surface area contributed by atoms with Crippen molar-refractivity contribution in [2.24, 2.45) is 0 Å². The number of allylic oxidation sites excluding steroid dienone is 1. The Labute approximate surface area is 159 Å². The van der Waals surface area contributed by atoms with E-state index in [-0.39, 0.29) is 0 Å². The third kappa shape index (κ3) is 3.97. The van der Waals surface area contributed by atoms with Crippen molar-refractivity contribution in [2.75, 3.05) is 5.32 Å². The normalized spacial score (nSPS) is 12.9. The molecule has 1 aliphatic carbocycles. The molecule has 0 bridgehead atoms. The van der Waals surface area contributed by atoms with Crippen molar-refractivity contribution < 1.29 is 0 Å². The molecule has 0 amide bonds. The number of hydrazine groups is 1. The summed E-state index contributed by atoms with van der Waals surface area (Å²) in [5.74, 6) is 0. The van der Waals surface area contributed by atoms with Crippen molar-refractivity contribution in [1.82, 2.24) is 10.9 Å². The second-order valence-corrected chi connectivity index (χ2v) is 7.20. The number of hydrogen-bond donors (Lipinski definition) is 3. The van der Waals surface area contributed by atoms with Crippen LogP contribution in [-0.4, -0.2) is 5.11 Å². The largest absolute Gasteiger partial charge is 0.331 e. The minimum atomic E-state index is 0.503. The molecule has 25 heavy (non-hydrogen) atoms. The zero-order valence-electron chi connectivity index (χ0n) is 14.7. The first-order valence-electron chi connectivity index (χ1n) is 8.34. The van der Waals surface area contributed by atoms with Gasteiger partial charge in [-0.1, -0.05) is 35.4 Å². The average molecular weight is 372 g/mol. The van der Waals surface area contributed by atoms with Gasteiger partial charge in [0.15, 0.2) is 5.11 Å². The predicted molar refractivity (Wildman–Crippen MR) is 111 cm³/mol. The Bertz CT molecular complexity index is 858. The zero-order valence-corrected chi connectivity index (χ0v) is 16.2. The molecule has 3 nitrogen and oxygen atoms in total. The number of hydrogen-bond acceptors (Lipinski definition) is 2. The molecule has 5 heteroatoms. The first kappa shape index (κ1) is 17.8. The molecule has 2 aromatic carbocycles. The molecule has 0 heterocycles. The van der Waals surface area contributed by atoms with Gasteiger partial charge in [-0.3, -0.25) is 10.9 Å². The number of aryl methyl sites for hydroxylation is 2. The summed E-state index contributed by atoms with van der Waals surface area (Å²) in [6.45, 7) is 6.27. The first-order chi connectivity index (χ1) is 12.0. The summed E-state index contributed by atoms with van der Waals surface area (Å²) in [7, 11) is 0. The van der Waals surface area contributed by atoms with Gasteiger partial charge in [0.25, 0.3) is 0 Å². The lowest BCUT2D eigenvalue weighted by Crippen LogP contribution is -2.39. The standard InChI is InChI=1S/C20H22ClN3S/c1-12-10-13(2)15-6-4-9-19(16(15)11-12)23-24-20(25)22-18-8-5-7-17(21)14(18)3/h5,7-11,23H,4,6H2,1-3H3,(H2,22,24,25). The fraction of sp³-hybridized carbons (Fsp3) is 0.250. The van der Waals surface area contributed by atoms with Crippen molar-refractivity contribution in [3.63, 3.8) is 0 Å². The summed E-state index contributed by atoms with van der Waals surface area (Å²) in [6, 6.07) is 10.2. The highest BCUT2D eigenvalue weighted by molar-refractivity contribution is 7.80. The summed E-state index contributed by atoms with van der Waals surface area (Å²) in [4.78, 5) is 0. The van der Waals surface area contributed by atoms with Gasteiger partial charge < -0.3 is 5.32 Å². The third-order valence-corrected chi connectivity index (χ3v) is 5.09. The Morgan fingerprint density at radius 1 is 1.16 bits per heavy atom. The van der Waals surface area contributed by atoms with Crippen molar-refractivity contribution in [3.8, 4) is 0 Å². The zero-order chi connectivity index (χ0) is 18.0. The maximum Gasteiger partial charge on any atom is 0.189 e. The Morgan fingerprint density at radius 3 is 2.76 bits per heavy atom. The molecule has 0 unspecified atom stereocenters. The summed E-state index contributed by atoms with van der Waals surface area (Å²) in [5.41, 5.74) is 14.6. The summed E-state index contributed by atoms with van der Waals surface area (Å²) in [6.07, 6.45) is 4.31. The van der Waals surface area contributed by atoms with Gasteiger partial charge in [0.1, 0.15) is 0 Å². The second kappa shape index (κ2) is 7.46. The van der Waals surface area contributed by atoms with Gasteiger partial charge >= 0.3 is 0 Å². The summed E-state index contributed by atoms with van der Waals surface area (Å²) < 4.78 is 0. The van der Waals surface area contributed by atoms with Crippen LogP contribution in [0.5, 0.6) is 0 Å². The van der Waals surface area contributed by atoms with Crippen molar-refractivity contribution in [1.29, 1.82) is 0 Å². The quantitative estimate of drug-likeness (QED) is 0.521. The number of nitrogens with one attached hydrogen (secondary N) is 3. The topological polar surface area (TPSA) is 36.1 Å². The molecule has 0 atom stereocenters. The molecular weight excluding hydrogens is 350 g/mol. The fourth-order valence-electron chi connectivity index (χ4n) is 3.18. The minimum Gasteiger partial charge on any atom is -0.331 e. The van der Waals surface area contributed by atoms with Crippen LogP contribution in [0.2, 0.25) is 5.02 Å². The molecule has 0 saturated heterocycles. The van der Waals surface area contributed by atoms with Crippen LogP contribution >= 0.6 is 23.8 Å². The van der Waals surface area contributed by atoms with Crippen LogP contribution in [0.25, 0.3) is 5.70 Å². The number of fused-ring (bicyclic) bond motifs is 1. The SMILES string of the molecule is Cc1cc(C)c2c(c1)C(NNC(=S)Nc1cccc(Cl)c1C)=CCC2. The van der Waals surface area contributed by atoms with E-state index in [1.807, 2.05) is 25.1 Å². The van der Waals surface area contributed by atoms with E-state index in [9.17, 15) is 0 Å². The van der Waals surface area contributed by atoms with E-state index < -0.39 is 0 Å². The summed E-state index contributed by atoms with van der Waals surface area (Å²) in [5, 5.41) is 4.40. The van der Waals surface area contributed by atoms with E-state index in [0.29, 0.717) is 5.11 Å². The van der Waals surface area contributed by atoms with Crippen molar-refractivity contribution in [2.45, 2.75) is 33.6 Å². The second-order valence-electron chi connectivity index (χ2n) is 6.38. The molecule has 130 valence electrons. The lowest BCUT2D eigenvalue weighted by Gasteiger charge is -2.23. The maximum atomic E-state index is 6.15. The van der Waals surface area contributed by atoms with Gasteiger partial charge in [-0.15, -0.1) is 0 Å². The highest BCUT2D eigenvalue weighted by Crippen LogP contribution is 2.28. The van der Waals surface area contributed by atoms with Gasteiger partial charge in [0.2, 0.25) is 0 Å². The first-order valence-corrected chi connectivity index (χ1v) is 9.13. The minimum absolute atomic E-state index is 0.503. The molecule has 0 radical (unpaired) electrons. The monoisotopic (exact) mass is 371 g/mol. The number of halogens is 1. The van der Waals surface area contributed by atoms with E-state index in [0.717, 1.165) is 34.8 Å². The summed E-state index contributed by atoms with van der Waals surface area (Å²) >= 11 is 11.6. The van der Waals surface area contributed by atoms with Gasteiger partial charge in [0.05, 0.1) is 5.70 Å². The number of rotatable bonds is 3. The van der Waals surface area contributed by atoms with Crippen LogP contribution in [0.1, 0.15) is 34.2 Å². The van der Waals surface area contributed by atoms with Crippen molar-refractivity contribution in [3.05, 3.63) is 69.2 Å². The van der Waals surface area contributed by atoms with E-state index in [2.05, 4.69) is 48.2 Å². The number of thiocarbonyl (C=S) groups is 1. The molecule has 2 aromatic rings. The van der Waals surface area contributed by atoms with Crippen LogP contribution in [0, 0.1) is 20.8 Å². The van der Waals surface area contributed by atoms with Gasteiger partial charge in [0, 0.05) is 16.3 Å². The Hall–Kier alpha value is -2.04. The van der Waals surface area contributed by atoms with E-state index in [1.54, 1.807) is 0 Å². The van der Waals surface area contributed by atoms with Crippen molar-refractivity contribution >= 4 is 40.3 Å². The molecule has 0 aliphatic heterocycles. The molecule has 0 fully saturated rings. The van der Waals surface area contributed by atoms with E-state index in [1.165, 1.54) is 22.3 Å². The predicted octanol–water partition coefficient (Wildman–Crippen LogP) is 5.04. The molecule has 1 aliphatic rings. The molecule has 0 spiro atoms. The van der Waals surface area contributed by atoms with E-state index in [4.69, 9.17) is 23.8 Å². The van der Waals surface area contributed by atoms with Crippen LogP contribution in [0.4, 0.5) is 5.69 Å². The molecule has 0 aromatic heterocycles. The van der Waals surface area contributed by atoms with Crippen LogP contribution in [0.15, 0.2) is 36.4 Å². The van der Waals surface area contributed by atoms with Crippen LogP contribution in [-0.2, 0) is 6.42 Å². The van der Waals surface area contributed by atoms with Gasteiger partial charge in [-0.2, -0.15) is 0 Å². The number of anilines is 1. The lowest BCUT2D eigenvalue weighted by molar-refractivity contribution is 0.823. The highest BCUT2D eigenvalue weighted by Gasteiger charge is 2.15. The molecule has 3 rings (SSSR count). The Morgan fingerprint density at radius 2 is 1.96 bits per heavy atom.